The standard InChI is InChI=1S/C13H17N3/c1-10-4-3-5-11(2)13(10)16-8-12(6-7-14)15-9-16/h3-5,8-9H,6-7,14H2,1-2H3. The number of rotatable bonds is 3. The molecule has 0 aliphatic carbocycles. The first-order valence-corrected chi connectivity index (χ1v) is 5.52. The largest absolute Gasteiger partial charge is 0.330 e. The molecule has 0 atom stereocenters. The molecule has 0 aliphatic rings. The molecule has 84 valence electrons. The number of aryl methyl sites for hydroxylation is 2. The fraction of sp³-hybridized carbons (Fsp3) is 0.308. The van der Waals surface area contributed by atoms with Gasteiger partial charge in [-0.15, -0.1) is 0 Å². The number of nitrogens with zero attached hydrogens (tertiary/aromatic N) is 2. The second-order valence-electron chi connectivity index (χ2n) is 4.05. The van der Waals surface area contributed by atoms with Gasteiger partial charge in [-0.3, -0.25) is 0 Å². The molecular weight excluding hydrogens is 198 g/mol. The maximum atomic E-state index is 5.52. The molecule has 1 heterocycles. The monoisotopic (exact) mass is 215 g/mol. The highest BCUT2D eigenvalue weighted by atomic mass is 15.0. The van der Waals surface area contributed by atoms with E-state index in [1.54, 1.807) is 0 Å². The average molecular weight is 215 g/mol. The smallest absolute Gasteiger partial charge is 0.0995 e. The molecule has 1 aromatic heterocycles. The third kappa shape index (κ3) is 1.99. The van der Waals surface area contributed by atoms with Gasteiger partial charge in [0.05, 0.1) is 17.7 Å². The number of nitrogens with two attached hydrogens (primary N) is 1. The number of hydrogen-bond donors (Lipinski definition) is 1. The highest BCUT2D eigenvalue weighted by Crippen LogP contribution is 2.18. The van der Waals surface area contributed by atoms with Crippen LogP contribution in [-0.4, -0.2) is 16.1 Å². The van der Waals surface area contributed by atoms with Crippen LogP contribution < -0.4 is 5.73 Å². The highest BCUT2D eigenvalue weighted by molar-refractivity contribution is 5.47. The predicted molar refractivity (Wildman–Crippen MR) is 65.8 cm³/mol. The third-order valence-electron chi connectivity index (χ3n) is 2.73. The number of para-hydroxylation sites is 1. The molecule has 2 aromatic rings. The maximum absolute atomic E-state index is 5.52. The van der Waals surface area contributed by atoms with Gasteiger partial charge in [0.2, 0.25) is 0 Å². The zero-order valence-corrected chi connectivity index (χ0v) is 9.77. The van der Waals surface area contributed by atoms with Crippen molar-refractivity contribution in [1.82, 2.24) is 9.55 Å². The Bertz CT molecular complexity index is 465. The summed E-state index contributed by atoms with van der Waals surface area (Å²) in [6.07, 6.45) is 4.75. The molecule has 0 saturated heterocycles. The van der Waals surface area contributed by atoms with Crippen LogP contribution in [0.2, 0.25) is 0 Å². The summed E-state index contributed by atoms with van der Waals surface area (Å²) in [6.45, 7) is 4.87. The SMILES string of the molecule is Cc1cccc(C)c1-n1cnc(CCN)c1. The number of aromatic nitrogens is 2. The van der Waals surface area contributed by atoms with Crippen molar-refractivity contribution in [2.75, 3.05) is 6.54 Å². The summed E-state index contributed by atoms with van der Waals surface area (Å²) in [4.78, 5) is 4.35. The minimum Gasteiger partial charge on any atom is -0.330 e. The fourth-order valence-electron chi connectivity index (χ4n) is 1.98. The van der Waals surface area contributed by atoms with Crippen molar-refractivity contribution in [3.05, 3.63) is 47.5 Å². The molecule has 3 nitrogen and oxygen atoms in total. The molecule has 0 saturated carbocycles. The van der Waals surface area contributed by atoms with Gasteiger partial charge < -0.3 is 10.3 Å². The lowest BCUT2D eigenvalue weighted by Gasteiger charge is -2.09. The molecule has 0 bridgehead atoms. The van der Waals surface area contributed by atoms with Crippen molar-refractivity contribution in [1.29, 1.82) is 0 Å². The van der Waals surface area contributed by atoms with Crippen molar-refractivity contribution in [2.24, 2.45) is 5.73 Å². The van der Waals surface area contributed by atoms with Gasteiger partial charge in [-0.2, -0.15) is 0 Å². The summed E-state index contributed by atoms with van der Waals surface area (Å²) in [5.74, 6) is 0. The summed E-state index contributed by atoms with van der Waals surface area (Å²) in [5, 5.41) is 0. The molecule has 2 rings (SSSR count). The van der Waals surface area contributed by atoms with Crippen LogP contribution in [0.15, 0.2) is 30.7 Å². The summed E-state index contributed by atoms with van der Waals surface area (Å²) in [6, 6.07) is 6.31. The normalized spacial score (nSPS) is 10.7. The van der Waals surface area contributed by atoms with Crippen LogP contribution in [0.5, 0.6) is 0 Å². The van der Waals surface area contributed by atoms with Crippen LogP contribution in [0.25, 0.3) is 5.69 Å². The van der Waals surface area contributed by atoms with Crippen LogP contribution in [-0.2, 0) is 6.42 Å². The van der Waals surface area contributed by atoms with Crippen LogP contribution >= 0.6 is 0 Å². The van der Waals surface area contributed by atoms with Gasteiger partial charge in [0.15, 0.2) is 0 Å². The lowest BCUT2D eigenvalue weighted by molar-refractivity contribution is 0.934. The van der Waals surface area contributed by atoms with Crippen molar-refractivity contribution in [2.45, 2.75) is 20.3 Å². The van der Waals surface area contributed by atoms with Gasteiger partial charge in [0.25, 0.3) is 0 Å². The van der Waals surface area contributed by atoms with E-state index < -0.39 is 0 Å². The Balaban J connectivity index is 2.42. The molecular formula is C13H17N3. The summed E-state index contributed by atoms with van der Waals surface area (Å²) in [7, 11) is 0. The quantitative estimate of drug-likeness (QED) is 0.851. The summed E-state index contributed by atoms with van der Waals surface area (Å²) in [5.41, 5.74) is 10.3. The second-order valence-corrected chi connectivity index (χ2v) is 4.05. The molecule has 0 fully saturated rings. The van der Waals surface area contributed by atoms with Gasteiger partial charge >= 0.3 is 0 Å². The Morgan fingerprint density at radius 1 is 1.25 bits per heavy atom. The molecule has 0 spiro atoms. The van der Waals surface area contributed by atoms with E-state index in [0.29, 0.717) is 6.54 Å². The van der Waals surface area contributed by atoms with E-state index in [2.05, 4.69) is 47.8 Å². The first kappa shape index (κ1) is 10.9. The van der Waals surface area contributed by atoms with Crippen LogP contribution in [0.3, 0.4) is 0 Å². The van der Waals surface area contributed by atoms with Gasteiger partial charge in [0.1, 0.15) is 0 Å². The van der Waals surface area contributed by atoms with Crippen molar-refractivity contribution in [3.63, 3.8) is 0 Å². The Kier molecular flexibility index (Phi) is 3.06. The van der Waals surface area contributed by atoms with Gasteiger partial charge in [-0.1, -0.05) is 18.2 Å². The van der Waals surface area contributed by atoms with Gasteiger partial charge in [-0.25, -0.2) is 4.98 Å². The molecule has 0 unspecified atom stereocenters. The van der Waals surface area contributed by atoms with Crippen molar-refractivity contribution < 1.29 is 0 Å². The zero-order chi connectivity index (χ0) is 11.5. The van der Waals surface area contributed by atoms with E-state index in [9.17, 15) is 0 Å². The van der Waals surface area contributed by atoms with Crippen molar-refractivity contribution in [3.8, 4) is 5.69 Å². The van der Waals surface area contributed by atoms with Crippen LogP contribution in [0.4, 0.5) is 0 Å². The highest BCUT2D eigenvalue weighted by Gasteiger charge is 2.05. The molecule has 0 amide bonds. The summed E-state index contributed by atoms with van der Waals surface area (Å²) >= 11 is 0. The zero-order valence-electron chi connectivity index (χ0n) is 9.77. The predicted octanol–water partition coefficient (Wildman–Crippen LogP) is 1.99. The maximum Gasteiger partial charge on any atom is 0.0995 e. The van der Waals surface area contributed by atoms with E-state index in [1.807, 2.05) is 6.33 Å². The van der Waals surface area contributed by atoms with Crippen molar-refractivity contribution >= 4 is 0 Å². The second kappa shape index (κ2) is 4.49. The molecule has 3 heteroatoms. The number of benzene rings is 1. The molecule has 0 aliphatic heterocycles. The minimum absolute atomic E-state index is 0.643. The van der Waals surface area contributed by atoms with Crippen LogP contribution in [0, 0.1) is 13.8 Å². The number of hydrogen-bond acceptors (Lipinski definition) is 2. The fourth-order valence-corrected chi connectivity index (χ4v) is 1.98. The molecule has 1 aromatic carbocycles. The Morgan fingerprint density at radius 2 is 1.94 bits per heavy atom. The molecule has 0 radical (unpaired) electrons. The van der Waals surface area contributed by atoms with Gasteiger partial charge in [-0.05, 0) is 31.5 Å². The van der Waals surface area contributed by atoms with E-state index in [0.717, 1.165) is 12.1 Å². The Morgan fingerprint density at radius 3 is 2.56 bits per heavy atom. The Hall–Kier alpha value is -1.61. The Labute approximate surface area is 95.9 Å². The lowest BCUT2D eigenvalue weighted by atomic mass is 10.1. The topological polar surface area (TPSA) is 43.8 Å². The summed E-state index contributed by atoms with van der Waals surface area (Å²) < 4.78 is 2.08. The minimum atomic E-state index is 0.643. The van der Waals surface area contributed by atoms with E-state index in [4.69, 9.17) is 5.73 Å². The van der Waals surface area contributed by atoms with Crippen LogP contribution in [0.1, 0.15) is 16.8 Å². The first-order chi connectivity index (χ1) is 7.72. The van der Waals surface area contributed by atoms with E-state index >= 15 is 0 Å². The third-order valence-corrected chi connectivity index (χ3v) is 2.73. The first-order valence-electron chi connectivity index (χ1n) is 5.52. The van der Waals surface area contributed by atoms with Gasteiger partial charge in [0, 0.05) is 12.6 Å². The van der Waals surface area contributed by atoms with E-state index in [-0.39, 0.29) is 0 Å². The van der Waals surface area contributed by atoms with E-state index in [1.165, 1.54) is 16.8 Å². The lowest BCUT2D eigenvalue weighted by Crippen LogP contribution is -2.02. The number of imidazole rings is 1. The molecule has 16 heavy (non-hydrogen) atoms. The average Bonchev–Trinajstić information content (AvgIpc) is 2.67. The molecule has 2 N–H and O–H groups in total.